The van der Waals surface area contributed by atoms with Gasteiger partial charge >= 0.3 is 5.97 Å². The van der Waals surface area contributed by atoms with Crippen molar-refractivity contribution >= 4 is 23.6 Å². The van der Waals surface area contributed by atoms with Crippen LogP contribution in [-0.2, 0) is 17.6 Å². The van der Waals surface area contributed by atoms with E-state index in [-0.39, 0.29) is 5.91 Å². The number of carboxylic acid groups (broad SMARTS) is 1. The molecule has 21 heavy (non-hydrogen) atoms. The minimum atomic E-state index is -0.977. The summed E-state index contributed by atoms with van der Waals surface area (Å²) in [5.41, 5.74) is 3.10. The van der Waals surface area contributed by atoms with Crippen molar-refractivity contribution in [3.05, 3.63) is 34.9 Å². The molecule has 1 aromatic rings. The molecule has 0 spiro atoms. The van der Waals surface area contributed by atoms with Gasteiger partial charge in [-0.25, -0.2) is 4.79 Å². The number of amides is 1. The van der Waals surface area contributed by atoms with Gasteiger partial charge in [0, 0.05) is 5.56 Å². The van der Waals surface area contributed by atoms with Crippen LogP contribution in [-0.4, -0.2) is 35.0 Å². The molecule has 0 unspecified atom stereocenters. The number of thioether (sulfide) groups is 1. The first-order valence-electron chi connectivity index (χ1n) is 7.26. The van der Waals surface area contributed by atoms with Crippen LogP contribution in [0.25, 0.3) is 0 Å². The summed E-state index contributed by atoms with van der Waals surface area (Å²) in [5.74, 6) is -0.561. The highest BCUT2D eigenvalue weighted by molar-refractivity contribution is 7.98. The van der Waals surface area contributed by atoms with Gasteiger partial charge in [-0.1, -0.05) is 6.07 Å². The third-order valence-electron chi connectivity index (χ3n) is 3.82. The lowest BCUT2D eigenvalue weighted by molar-refractivity contribution is -0.139. The highest BCUT2D eigenvalue weighted by Crippen LogP contribution is 2.22. The van der Waals surface area contributed by atoms with Gasteiger partial charge in [0.15, 0.2) is 0 Å². The molecule has 4 nitrogen and oxygen atoms in total. The van der Waals surface area contributed by atoms with E-state index in [0.717, 1.165) is 19.3 Å². The Morgan fingerprint density at radius 2 is 2.00 bits per heavy atom. The van der Waals surface area contributed by atoms with Crippen LogP contribution >= 0.6 is 11.8 Å². The molecule has 0 aromatic heterocycles. The SMILES string of the molecule is CSCC[C@@H](NC(=O)c1ccc2c(c1)CCCC2)C(=O)O. The number of rotatable bonds is 6. The zero-order valence-corrected chi connectivity index (χ0v) is 13.0. The van der Waals surface area contributed by atoms with Crippen molar-refractivity contribution in [2.75, 3.05) is 12.0 Å². The van der Waals surface area contributed by atoms with Crippen LogP contribution in [0.4, 0.5) is 0 Å². The standard InChI is InChI=1S/C16H21NO3S/c1-21-9-8-14(16(19)20)17-15(18)13-7-6-11-4-2-3-5-12(11)10-13/h6-7,10,14H,2-5,8-9H2,1H3,(H,17,18)(H,19,20)/t14-/m1/s1. The van der Waals surface area contributed by atoms with Gasteiger partial charge in [-0.05, 0) is 67.4 Å². The van der Waals surface area contributed by atoms with E-state index in [4.69, 9.17) is 5.11 Å². The van der Waals surface area contributed by atoms with Crippen LogP contribution in [0.3, 0.4) is 0 Å². The second kappa shape index (κ2) is 7.50. The summed E-state index contributed by atoms with van der Waals surface area (Å²) in [6.07, 6.45) is 6.79. The van der Waals surface area contributed by atoms with Crippen LogP contribution in [0.1, 0.15) is 40.7 Å². The average molecular weight is 307 g/mol. The molecule has 0 heterocycles. The summed E-state index contributed by atoms with van der Waals surface area (Å²) < 4.78 is 0. The van der Waals surface area contributed by atoms with Crippen molar-refractivity contribution in [3.8, 4) is 0 Å². The lowest BCUT2D eigenvalue weighted by Crippen LogP contribution is -2.41. The van der Waals surface area contributed by atoms with Gasteiger partial charge in [0.1, 0.15) is 6.04 Å². The molecular weight excluding hydrogens is 286 g/mol. The van der Waals surface area contributed by atoms with Crippen molar-refractivity contribution in [2.45, 2.75) is 38.1 Å². The summed E-state index contributed by atoms with van der Waals surface area (Å²) in [6, 6.07) is 4.90. The highest BCUT2D eigenvalue weighted by atomic mass is 32.2. The summed E-state index contributed by atoms with van der Waals surface area (Å²) >= 11 is 1.57. The topological polar surface area (TPSA) is 66.4 Å². The molecule has 0 saturated carbocycles. The highest BCUT2D eigenvalue weighted by Gasteiger charge is 2.21. The first-order valence-corrected chi connectivity index (χ1v) is 8.65. The molecule has 0 aliphatic heterocycles. The lowest BCUT2D eigenvalue weighted by atomic mass is 9.90. The molecule has 1 atom stereocenters. The second-order valence-electron chi connectivity index (χ2n) is 5.34. The van der Waals surface area contributed by atoms with Gasteiger partial charge in [-0.3, -0.25) is 4.79 Å². The van der Waals surface area contributed by atoms with E-state index in [2.05, 4.69) is 5.32 Å². The molecule has 5 heteroatoms. The van der Waals surface area contributed by atoms with E-state index in [9.17, 15) is 9.59 Å². The van der Waals surface area contributed by atoms with Gasteiger partial charge < -0.3 is 10.4 Å². The molecule has 0 saturated heterocycles. The molecule has 1 amide bonds. The zero-order chi connectivity index (χ0) is 15.2. The quantitative estimate of drug-likeness (QED) is 0.847. The molecule has 0 fully saturated rings. The number of aliphatic carboxylic acids is 1. The predicted molar refractivity (Wildman–Crippen MR) is 85.0 cm³/mol. The predicted octanol–water partition coefficient (Wildman–Crippen LogP) is 2.50. The Kier molecular flexibility index (Phi) is 5.67. The van der Waals surface area contributed by atoms with Crippen molar-refractivity contribution in [2.24, 2.45) is 0 Å². The maximum atomic E-state index is 12.2. The number of hydrogen-bond donors (Lipinski definition) is 2. The number of aryl methyl sites for hydroxylation is 2. The third-order valence-corrected chi connectivity index (χ3v) is 4.47. The van der Waals surface area contributed by atoms with E-state index in [1.54, 1.807) is 17.8 Å². The molecule has 1 aliphatic carbocycles. The largest absolute Gasteiger partial charge is 0.480 e. The zero-order valence-electron chi connectivity index (χ0n) is 12.2. The minimum absolute atomic E-state index is 0.295. The number of nitrogens with one attached hydrogen (secondary N) is 1. The van der Waals surface area contributed by atoms with Gasteiger partial charge in [-0.2, -0.15) is 11.8 Å². The normalized spacial score (nSPS) is 15.1. The smallest absolute Gasteiger partial charge is 0.326 e. The average Bonchev–Trinajstić information content (AvgIpc) is 2.50. The Labute approximate surface area is 129 Å². The summed E-state index contributed by atoms with van der Waals surface area (Å²) in [4.78, 5) is 23.4. The molecule has 114 valence electrons. The third kappa shape index (κ3) is 4.24. The number of carbonyl (C=O) groups is 2. The summed E-state index contributed by atoms with van der Waals surface area (Å²) in [7, 11) is 0. The Morgan fingerprint density at radius 3 is 2.67 bits per heavy atom. The van der Waals surface area contributed by atoms with Gasteiger partial charge in [0.05, 0.1) is 0 Å². The van der Waals surface area contributed by atoms with Crippen LogP contribution in [0.2, 0.25) is 0 Å². The van der Waals surface area contributed by atoms with E-state index in [1.165, 1.54) is 17.5 Å². The van der Waals surface area contributed by atoms with Crippen molar-refractivity contribution in [1.29, 1.82) is 0 Å². The summed E-state index contributed by atoms with van der Waals surface area (Å²) in [5, 5.41) is 11.8. The minimum Gasteiger partial charge on any atom is -0.480 e. The Morgan fingerprint density at radius 1 is 1.29 bits per heavy atom. The molecule has 0 bridgehead atoms. The van der Waals surface area contributed by atoms with Crippen LogP contribution in [0.15, 0.2) is 18.2 Å². The lowest BCUT2D eigenvalue weighted by Gasteiger charge is -2.18. The van der Waals surface area contributed by atoms with Crippen molar-refractivity contribution in [1.82, 2.24) is 5.32 Å². The number of carboxylic acids is 1. The molecule has 2 rings (SSSR count). The summed E-state index contributed by atoms with van der Waals surface area (Å²) in [6.45, 7) is 0. The van der Waals surface area contributed by atoms with E-state index in [0.29, 0.717) is 17.7 Å². The Hall–Kier alpha value is -1.49. The fourth-order valence-corrected chi connectivity index (χ4v) is 3.08. The number of hydrogen-bond acceptors (Lipinski definition) is 3. The first kappa shape index (κ1) is 15.9. The molecular formula is C16H21NO3S. The van der Waals surface area contributed by atoms with Crippen LogP contribution < -0.4 is 5.32 Å². The monoisotopic (exact) mass is 307 g/mol. The van der Waals surface area contributed by atoms with Gasteiger partial charge in [0.2, 0.25) is 0 Å². The van der Waals surface area contributed by atoms with E-state index < -0.39 is 12.0 Å². The number of fused-ring (bicyclic) bond motifs is 1. The maximum absolute atomic E-state index is 12.2. The van der Waals surface area contributed by atoms with Crippen molar-refractivity contribution in [3.63, 3.8) is 0 Å². The Balaban J connectivity index is 2.06. The van der Waals surface area contributed by atoms with Crippen LogP contribution in [0.5, 0.6) is 0 Å². The molecule has 0 radical (unpaired) electrons. The molecule has 2 N–H and O–H groups in total. The first-order chi connectivity index (χ1) is 10.1. The van der Waals surface area contributed by atoms with Crippen LogP contribution in [0, 0.1) is 0 Å². The second-order valence-corrected chi connectivity index (χ2v) is 6.32. The fraction of sp³-hybridized carbons (Fsp3) is 0.500. The number of benzene rings is 1. The van der Waals surface area contributed by atoms with E-state index in [1.807, 2.05) is 18.4 Å². The molecule has 1 aliphatic rings. The molecule has 1 aromatic carbocycles. The van der Waals surface area contributed by atoms with Crippen molar-refractivity contribution < 1.29 is 14.7 Å². The van der Waals surface area contributed by atoms with Gasteiger partial charge in [0.25, 0.3) is 5.91 Å². The fourth-order valence-electron chi connectivity index (χ4n) is 2.61. The number of carbonyl (C=O) groups excluding carboxylic acids is 1. The van der Waals surface area contributed by atoms with E-state index >= 15 is 0 Å². The Bertz CT molecular complexity index is 530. The van der Waals surface area contributed by atoms with Gasteiger partial charge in [-0.15, -0.1) is 0 Å². The maximum Gasteiger partial charge on any atom is 0.326 e.